The molecule has 3 unspecified atom stereocenters. The number of nitrogens with two attached hydrogens (primary N) is 2. The highest BCUT2D eigenvalue weighted by Crippen LogP contribution is 2.22. The Hall–Kier alpha value is -1.63. The summed E-state index contributed by atoms with van der Waals surface area (Å²) in [4.78, 5) is 36.9. The minimum atomic E-state index is -0.678. The van der Waals surface area contributed by atoms with Gasteiger partial charge in [-0.1, -0.05) is 6.92 Å². The van der Waals surface area contributed by atoms with E-state index in [1.165, 1.54) is 4.90 Å². The molecule has 7 nitrogen and oxygen atoms in total. The molecule has 20 heavy (non-hydrogen) atoms. The number of hydrogen-bond acceptors (Lipinski definition) is 4. The topological polar surface area (TPSA) is 119 Å². The van der Waals surface area contributed by atoms with Gasteiger partial charge in [0.1, 0.15) is 12.1 Å². The van der Waals surface area contributed by atoms with Crippen LogP contribution in [0, 0.1) is 0 Å². The standard InChI is InChI=1S/C13H24N4O3/c1-3-9-5-4-6-10(16-11(18)7-14)13(20)17(9)8(2)12(15)19/h8-10H,3-7,14H2,1-2H3,(H2,15,19)(H,16,18). The molecule has 5 N–H and O–H groups in total. The largest absolute Gasteiger partial charge is 0.368 e. The number of nitrogens with zero attached hydrogens (tertiary/aromatic N) is 1. The van der Waals surface area contributed by atoms with Gasteiger partial charge >= 0.3 is 0 Å². The Kier molecular flexibility index (Phi) is 5.94. The molecule has 0 bridgehead atoms. The van der Waals surface area contributed by atoms with Crippen LogP contribution in [-0.4, -0.2) is 47.3 Å². The lowest BCUT2D eigenvalue weighted by Gasteiger charge is -2.34. The fraction of sp³-hybridized carbons (Fsp3) is 0.769. The first-order chi connectivity index (χ1) is 9.42. The molecule has 1 aliphatic rings. The minimum absolute atomic E-state index is 0.0234. The van der Waals surface area contributed by atoms with E-state index in [0.717, 1.165) is 19.3 Å². The Morgan fingerprint density at radius 2 is 2.10 bits per heavy atom. The van der Waals surface area contributed by atoms with Crippen LogP contribution < -0.4 is 16.8 Å². The van der Waals surface area contributed by atoms with Crippen LogP contribution in [0.15, 0.2) is 0 Å². The summed E-state index contributed by atoms with van der Waals surface area (Å²) in [6, 6.07) is -1.32. The summed E-state index contributed by atoms with van der Waals surface area (Å²) in [7, 11) is 0. The van der Waals surface area contributed by atoms with Crippen molar-refractivity contribution < 1.29 is 14.4 Å². The second-order valence-electron chi connectivity index (χ2n) is 5.14. The van der Waals surface area contributed by atoms with E-state index in [9.17, 15) is 14.4 Å². The van der Waals surface area contributed by atoms with Gasteiger partial charge in [-0.2, -0.15) is 0 Å². The maximum absolute atomic E-state index is 12.6. The van der Waals surface area contributed by atoms with Crippen LogP contribution in [-0.2, 0) is 14.4 Å². The molecule has 3 amide bonds. The summed E-state index contributed by atoms with van der Waals surface area (Å²) in [5.74, 6) is -1.16. The van der Waals surface area contributed by atoms with Gasteiger partial charge in [-0.05, 0) is 32.6 Å². The Labute approximate surface area is 119 Å². The van der Waals surface area contributed by atoms with Gasteiger partial charge in [-0.3, -0.25) is 14.4 Å². The average Bonchev–Trinajstić information content (AvgIpc) is 2.57. The Bertz CT molecular complexity index is 386. The molecule has 3 atom stereocenters. The van der Waals surface area contributed by atoms with Crippen LogP contribution in [0.2, 0.25) is 0 Å². The first-order valence-corrected chi connectivity index (χ1v) is 7.03. The van der Waals surface area contributed by atoms with Crippen LogP contribution in [0.25, 0.3) is 0 Å². The molecule has 1 aliphatic heterocycles. The van der Waals surface area contributed by atoms with Gasteiger partial charge < -0.3 is 21.7 Å². The smallest absolute Gasteiger partial charge is 0.246 e. The zero-order valence-electron chi connectivity index (χ0n) is 12.1. The lowest BCUT2D eigenvalue weighted by atomic mass is 10.1. The molecule has 1 saturated heterocycles. The molecule has 0 radical (unpaired) electrons. The third kappa shape index (κ3) is 3.69. The number of carbonyl (C=O) groups excluding carboxylic acids is 3. The maximum Gasteiger partial charge on any atom is 0.246 e. The molecule has 1 rings (SSSR count). The molecule has 7 heteroatoms. The van der Waals surface area contributed by atoms with E-state index in [2.05, 4.69) is 5.32 Å². The van der Waals surface area contributed by atoms with Crippen molar-refractivity contribution in [2.24, 2.45) is 11.5 Å². The first kappa shape index (κ1) is 16.4. The van der Waals surface area contributed by atoms with Gasteiger partial charge in [0.25, 0.3) is 0 Å². The number of likely N-dealkylation sites (tertiary alicyclic amines) is 1. The van der Waals surface area contributed by atoms with Crippen molar-refractivity contribution in [2.45, 2.75) is 57.7 Å². The predicted octanol–water partition coefficient (Wildman–Crippen LogP) is -0.905. The predicted molar refractivity (Wildman–Crippen MR) is 74.4 cm³/mol. The van der Waals surface area contributed by atoms with Crippen molar-refractivity contribution in [3.63, 3.8) is 0 Å². The van der Waals surface area contributed by atoms with Gasteiger partial charge in [0, 0.05) is 6.04 Å². The number of hydrogen-bond donors (Lipinski definition) is 3. The van der Waals surface area contributed by atoms with Gasteiger partial charge in [0.2, 0.25) is 17.7 Å². The highest BCUT2D eigenvalue weighted by molar-refractivity contribution is 5.92. The van der Waals surface area contributed by atoms with E-state index >= 15 is 0 Å². The molecule has 0 saturated carbocycles. The fourth-order valence-corrected chi connectivity index (χ4v) is 2.61. The average molecular weight is 284 g/mol. The molecule has 0 spiro atoms. The molecule has 0 aliphatic carbocycles. The highest BCUT2D eigenvalue weighted by atomic mass is 16.2. The summed E-state index contributed by atoms with van der Waals surface area (Å²) in [5, 5.41) is 2.62. The van der Waals surface area contributed by atoms with Crippen LogP contribution in [0.3, 0.4) is 0 Å². The summed E-state index contributed by atoms with van der Waals surface area (Å²) in [6.45, 7) is 3.43. The van der Waals surface area contributed by atoms with E-state index in [0.29, 0.717) is 6.42 Å². The molecule has 0 aromatic rings. The first-order valence-electron chi connectivity index (χ1n) is 7.03. The summed E-state index contributed by atoms with van der Waals surface area (Å²) >= 11 is 0. The second-order valence-corrected chi connectivity index (χ2v) is 5.14. The Balaban J connectivity index is 2.96. The summed E-state index contributed by atoms with van der Waals surface area (Å²) < 4.78 is 0. The van der Waals surface area contributed by atoms with Crippen molar-refractivity contribution in [3.05, 3.63) is 0 Å². The zero-order valence-corrected chi connectivity index (χ0v) is 12.1. The van der Waals surface area contributed by atoms with Crippen molar-refractivity contribution in [1.82, 2.24) is 10.2 Å². The number of rotatable bonds is 5. The minimum Gasteiger partial charge on any atom is -0.368 e. The molecule has 114 valence electrons. The monoisotopic (exact) mass is 284 g/mol. The maximum atomic E-state index is 12.6. The number of primary amides is 1. The van der Waals surface area contributed by atoms with Gasteiger partial charge in [-0.15, -0.1) is 0 Å². The normalized spacial score (nSPS) is 24.9. The van der Waals surface area contributed by atoms with Crippen LogP contribution >= 0.6 is 0 Å². The molecule has 1 heterocycles. The third-order valence-electron chi connectivity index (χ3n) is 3.80. The summed E-state index contributed by atoms with van der Waals surface area (Å²) in [5.41, 5.74) is 10.6. The molecular formula is C13H24N4O3. The van der Waals surface area contributed by atoms with Crippen LogP contribution in [0.1, 0.15) is 39.5 Å². The van der Waals surface area contributed by atoms with E-state index in [-0.39, 0.29) is 24.4 Å². The quantitative estimate of drug-likeness (QED) is 0.606. The second kappa shape index (κ2) is 7.23. The number of carbonyl (C=O) groups is 3. The van der Waals surface area contributed by atoms with E-state index < -0.39 is 18.0 Å². The third-order valence-corrected chi connectivity index (χ3v) is 3.80. The van der Waals surface area contributed by atoms with Gasteiger partial charge in [-0.25, -0.2) is 0 Å². The Morgan fingerprint density at radius 3 is 2.60 bits per heavy atom. The molecule has 1 fully saturated rings. The van der Waals surface area contributed by atoms with Crippen molar-refractivity contribution in [2.75, 3.05) is 6.54 Å². The SMILES string of the molecule is CCC1CCCC(NC(=O)CN)C(=O)N1C(C)C(N)=O. The van der Waals surface area contributed by atoms with E-state index in [1.54, 1.807) is 6.92 Å². The Morgan fingerprint density at radius 1 is 1.45 bits per heavy atom. The van der Waals surface area contributed by atoms with Crippen molar-refractivity contribution in [3.8, 4) is 0 Å². The van der Waals surface area contributed by atoms with Gasteiger partial charge in [0.05, 0.1) is 6.54 Å². The van der Waals surface area contributed by atoms with Crippen LogP contribution in [0.4, 0.5) is 0 Å². The highest BCUT2D eigenvalue weighted by Gasteiger charge is 2.37. The fourth-order valence-electron chi connectivity index (χ4n) is 2.61. The molecule has 0 aromatic carbocycles. The number of amides is 3. The lowest BCUT2D eigenvalue weighted by Crippen LogP contribution is -2.56. The summed E-state index contributed by atoms with van der Waals surface area (Å²) in [6.07, 6.45) is 2.92. The van der Waals surface area contributed by atoms with Crippen molar-refractivity contribution >= 4 is 17.7 Å². The zero-order chi connectivity index (χ0) is 15.3. The van der Waals surface area contributed by atoms with E-state index in [1.807, 2.05) is 6.92 Å². The van der Waals surface area contributed by atoms with Crippen molar-refractivity contribution in [1.29, 1.82) is 0 Å². The lowest BCUT2D eigenvalue weighted by molar-refractivity contribution is -0.143. The molecule has 0 aromatic heterocycles. The van der Waals surface area contributed by atoms with Gasteiger partial charge in [0.15, 0.2) is 0 Å². The number of nitrogens with one attached hydrogen (secondary N) is 1. The van der Waals surface area contributed by atoms with E-state index in [4.69, 9.17) is 11.5 Å². The molecular weight excluding hydrogens is 260 g/mol. The van der Waals surface area contributed by atoms with Crippen LogP contribution in [0.5, 0.6) is 0 Å².